The maximum absolute atomic E-state index is 4.24. The predicted octanol–water partition coefficient (Wildman–Crippen LogP) is 2.66. The summed E-state index contributed by atoms with van der Waals surface area (Å²) >= 11 is 6.66. The summed E-state index contributed by atoms with van der Waals surface area (Å²) < 4.78 is 0.560. The van der Waals surface area contributed by atoms with Crippen molar-refractivity contribution in [2.75, 3.05) is 0 Å². The summed E-state index contributed by atoms with van der Waals surface area (Å²) in [6.07, 6.45) is 1.21. The van der Waals surface area contributed by atoms with Crippen LogP contribution in [0.15, 0.2) is 0 Å². The lowest BCUT2D eigenvalue weighted by molar-refractivity contribution is 0.523. The fourth-order valence-electron chi connectivity index (χ4n) is 0.744. The second kappa shape index (κ2) is 5.66. The van der Waals surface area contributed by atoms with Crippen LogP contribution < -0.4 is 5.32 Å². The van der Waals surface area contributed by atoms with E-state index in [-0.39, 0.29) is 0 Å². The summed E-state index contributed by atoms with van der Waals surface area (Å²) in [7, 11) is 0. The number of halogens is 1. The van der Waals surface area contributed by atoms with E-state index in [4.69, 9.17) is 0 Å². The van der Waals surface area contributed by atoms with Crippen molar-refractivity contribution in [3.05, 3.63) is 0 Å². The first-order chi connectivity index (χ1) is 4.52. The van der Waals surface area contributed by atoms with Crippen molar-refractivity contribution in [2.24, 2.45) is 5.92 Å². The highest BCUT2D eigenvalue weighted by molar-refractivity contribution is 14.1. The maximum Gasteiger partial charge on any atom is 0.0604 e. The zero-order valence-electron chi connectivity index (χ0n) is 6.76. The van der Waals surface area contributed by atoms with E-state index in [2.05, 4.69) is 61.3 Å². The van der Waals surface area contributed by atoms with Crippen LogP contribution in [-0.4, -0.2) is 9.42 Å². The van der Waals surface area contributed by atoms with Crippen molar-refractivity contribution in [3.8, 4) is 0 Å². The van der Waals surface area contributed by atoms with Gasteiger partial charge in [-0.05, 0) is 19.3 Å². The number of hydrogen-bond acceptors (Lipinski definition) is 2. The standard InChI is InChI=1S/C7H16INS/c1-5(2)4-7(8)9-6(3)10/h5-7,9-10H,4H2,1-3H3. The fraction of sp³-hybridized carbons (Fsp3) is 1.00. The molecule has 0 aliphatic rings. The van der Waals surface area contributed by atoms with E-state index in [1.165, 1.54) is 6.42 Å². The van der Waals surface area contributed by atoms with Gasteiger partial charge in [0.25, 0.3) is 0 Å². The lowest BCUT2D eigenvalue weighted by atomic mass is 10.1. The summed E-state index contributed by atoms with van der Waals surface area (Å²) in [4.78, 5) is 0. The molecule has 0 aromatic rings. The quantitative estimate of drug-likeness (QED) is 0.264. The van der Waals surface area contributed by atoms with Gasteiger partial charge in [-0.15, -0.1) is 0 Å². The van der Waals surface area contributed by atoms with Gasteiger partial charge in [0, 0.05) is 5.37 Å². The average molecular weight is 273 g/mol. The molecule has 62 valence electrons. The molecular weight excluding hydrogens is 257 g/mol. The number of hydrogen-bond donors (Lipinski definition) is 2. The zero-order chi connectivity index (χ0) is 8.15. The van der Waals surface area contributed by atoms with Crippen LogP contribution in [0.1, 0.15) is 27.2 Å². The van der Waals surface area contributed by atoms with Crippen LogP contribution >= 0.6 is 35.2 Å². The number of nitrogens with one attached hydrogen (secondary N) is 1. The van der Waals surface area contributed by atoms with Crippen LogP contribution in [0.25, 0.3) is 0 Å². The highest BCUT2D eigenvalue weighted by Crippen LogP contribution is 2.11. The second-order valence-electron chi connectivity index (χ2n) is 2.94. The van der Waals surface area contributed by atoms with Gasteiger partial charge in [-0.1, -0.05) is 36.4 Å². The molecule has 1 nitrogen and oxygen atoms in total. The highest BCUT2D eigenvalue weighted by Gasteiger charge is 2.06. The zero-order valence-corrected chi connectivity index (χ0v) is 9.82. The van der Waals surface area contributed by atoms with Gasteiger partial charge in [-0.25, -0.2) is 0 Å². The highest BCUT2D eigenvalue weighted by atomic mass is 127. The number of alkyl halides is 1. The SMILES string of the molecule is CC(C)CC(I)NC(C)S. The van der Waals surface area contributed by atoms with Crippen molar-refractivity contribution < 1.29 is 0 Å². The molecule has 0 spiro atoms. The minimum absolute atomic E-state index is 0.306. The molecule has 3 heteroatoms. The summed E-state index contributed by atoms with van der Waals surface area (Å²) in [5.74, 6) is 0.765. The molecule has 0 heterocycles. The Morgan fingerprint density at radius 1 is 1.40 bits per heavy atom. The third kappa shape index (κ3) is 7.15. The average Bonchev–Trinajstić information content (AvgIpc) is 1.58. The molecule has 2 unspecified atom stereocenters. The number of thiol groups is 1. The van der Waals surface area contributed by atoms with E-state index in [9.17, 15) is 0 Å². The van der Waals surface area contributed by atoms with Gasteiger partial charge in [0.05, 0.1) is 4.05 Å². The Bertz CT molecular complexity index is 75.7. The van der Waals surface area contributed by atoms with Crippen molar-refractivity contribution in [1.29, 1.82) is 0 Å². The Balaban J connectivity index is 3.34. The van der Waals surface area contributed by atoms with Crippen molar-refractivity contribution >= 4 is 35.2 Å². The van der Waals surface area contributed by atoms with E-state index < -0.39 is 0 Å². The van der Waals surface area contributed by atoms with Crippen LogP contribution in [0, 0.1) is 5.92 Å². The number of rotatable bonds is 4. The molecule has 0 amide bonds. The monoisotopic (exact) mass is 273 g/mol. The molecule has 0 rings (SSSR count). The van der Waals surface area contributed by atoms with Gasteiger partial charge >= 0.3 is 0 Å². The Morgan fingerprint density at radius 2 is 1.90 bits per heavy atom. The Hall–Kier alpha value is 1.04. The Labute approximate surface area is 82.9 Å². The normalized spacial score (nSPS) is 17.4. The molecule has 10 heavy (non-hydrogen) atoms. The molecule has 0 bridgehead atoms. The Morgan fingerprint density at radius 3 is 2.20 bits per heavy atom. The summed E-state index contributed by atoms with van der Waals surface area (Å²) in [6, 6.07) is 0. The van der Waals surface area contributed by atoms with Crippen LogP contribution in [-0.2, 0) is 0 Å². The molecule has 0 saturated carbocycles. The van der Waals surface area contributed by atoms with Crippen molar-refractivity contribution in [2.45, 2.75) is 36.6 Å². The van der Waals surface area contributed by atoms with Gasteiger partial charge < -0.3 is 0 Å². The lowest BCUT2D eigenvalue weighted by Crippen LogP contribution is -2.29. The smallest absolute Gasteiger partial charge is 0.0604 e. The van der Waals surface area contributed by atoms with E-state index in [1.54, 1.807) is 0 Å². The van der Waals surface area contributed by atoms with E-state index in [0.29, 0.717) is 9.42 Å². The first-order valence-electron chi connectivity index (χ1n) is 3.60. The summed E-state index contributed by atoms with van der Waals surface area (Å²) in [5.41, 5.74) is 0. The first kappa shape index (κ1) is 11.0. The molecule has 0 aromatic heterocycles. The van der Waals surface area contributed by atoms with Gasteiger partial charge in [0.15, 0.2) is 0 Å². The van der Waals surface area contributed by atoms with Gasteiger partial charge in [0.2, 0.25) is 0 Å². The van der Waals surface area contributed by atoms with Crippen molar-refractivity contribution in [3.63, 3.8) is 0 Å². The topological polar surface area (TPSA) is 12.0 Å². The molecular formula is C7H16INS. The Kier molecular flexibility index (Phi) is 6.25. The third-order valence-corrected chi connectivity index (χ3v) is 2.12. The predicted molar refractivity (Wildman–Crippen MR) is 58.8 cm³/mol. The van der Waals surface area contributed by atoms with Crippen LogP contribution in [0.3, 0.4) is 0 Å². The minimum atomic E-state index is 0.306. The first-order valence-corrected chi connectivity index (χ1v) is 5.36. The van der Waals surface area contributed by atoms with Crippen molar-refractivity contribution in [1.82, 2.24) is 5.32 Å². The van der Waals surface area contributed by atoms with E-state index in [0.717, 1.165) is 5.92 Å². The molecule has 0 aliphatic heterocycles. The van der Waals surface area contributed by atoms with Crippen LogP contribution in [0.4, 0.5) is 0 Å². The molecule has 0 fully saturated rings. The molecule has 2 atom stereocenters. The van der Waals surface area contributed by atoms with Gasteiger partial charge in [-0.3, -0.25) is 5.32 Å². The summed E-state index contributed by atoms with van der Waals surface area (Å²) in [5, 5.41) is 3.63. The third-order valence-electron chi connectivity index (χ3n) is 1.10. The second-order valence-corrected chi connectivity index (χ2v) is 5.22. The molecule has 0 saturated heterocycles. The molecule has 0 aliphatic carbocycles. The van der Waals surface area contributed by atoms with Gasteiger partial charge in [0.1, 0.15) is 0 Å². The minimum Gasteiger partial charge on any atom is -0.294 e. The van der Waals surface area contributed by atoms with E-state index in [1.807, 2.05) is 0 Å². The van der Waals surface area contributed by atoms with Crippen LogP contribution in [0.5, 0.6) is 0 Å². The maximum atomic E-state index is 4.24. The molecule has 0 aromatic carbocycles. The molecule has 1 N–H and O–H groups in total. The fourth-order valence-corrected chi connectivity index (χ4v) is 2.76. The largest absolute Gasteiger partial charge is 0.294 e. The van der Waals surface area contributed by atoms with Gasteiger partial charge in [-0.2, -0.15) is 12.6 Å². The van der Waals surface area contributed by atoms with Crippen LogP contribution in [0.2, 0.25) is 0 Å². The molecule has 0 radical (unpaired) electrons. The van der Waals surface area contributed by atoms with E-state index >= 15 is 0 Å². The summed E-state index contributed by atoms with van der Waals surface area (Å²) in [6.45, 7) is 6.52. The lowest BCUT2D eigenvalue weighted by Gasteiger charge is -2.16.